The second kappa shape index (κ2) is 7.23. The van der Waals surface area contributed by atoms with E-state index in [1.807, 2.05) is 6.07 Å². The first kappa shape index (κ1) is 16.1. The lowest BCUT2D eigenvalue weighted by atomic mass is 10.2. The van der Waals surface area contributed by atoms with Crippen LogP contribution in [-0.2, 0) is 0 Å². The lowest BCUT2D eigenvalue weighted by molar-refractivity contribution is 0.102. The molecule has 25 heavy (non-hydrogen) atoms. The average Bonchev–Trinajstić information content (AvgIpc) is 2.64. The van der Waals surface area contributed by atoms with E-state index in [-0.39, 0.29) is 11.7 Å². The molecule has 2 aromatic carbocycles. The third-order valence-corrected chi connectivity index (χ3v) is 3.38. The maximum atomic E-state index is 12.9. The van der Waals surface area contributed by atoms with Crippen LogP contribution in [0.5, 0.6) is 0 Å². The summed E-state index contributed by atoms with van der Waals surface area (Å²) in [5, 5.41) is 14.7. The van der Waals surface area contributed by atoms with E-state index >= 15 is 0 Å². The molecule has 1 aromatic heterocycles. The summed E-state index contributed by atoms with van der Waals surface area (Å²) in [5.41, 5.74) is 2.63. The van der Waals surface area contributed by atoms with Gasteiger partial charge >= 0.3 is 0 Å². The Kier molecular flexibility index (Phi) is 4.67. The number of hydrogen-bond donors (Lipinski definition) is 2. The van der Waals surface area contributed by atoms with Crippen molar-refractivity contribution in [3.8, 4) is 6.07 Å². The van der Waals surface area contributed by atoms with Crippen molar-refractivity contribution >= 4 is 23.0 Å². The van der Waals surface area contributed by atoms with Crippen LogP contribution >= 0.6 is 0 Å². The van der Waals surface area contributed by atoms with E-state index in [4.69, 9.17) is 5.26 Å². The quantitative estimate of drug-likeness (QED) is 0.754. The van der Waals surface area contributed by atoms with Gasteiger partial charge < -0.3 is 10.6 Å². The Hall–Kier alpha value is -3.72. The van der Waals surface area contributed by atoms with Crippen molar-refractivity contribution in [2.45, 2.75) is 0 Å². The third kappa shape index (κ3) is 4.18. The number of nitrogens with zero attached hydrogens (tertiary/aromatic N) is 2. The van der Waals surface area contributed by atoms with Gasteiger partial charge in [0.25, 0.3) is 5.91 Å². The molecule has 0 saturated heterocycles. The van der Waals surface area contributed by atoms with Crippen molar-refractivity contribution < 1.29 is 9.18 Å². The van der Waals surface area contributed by atoms with Gasteiger partial charge in [-0.2, -0.15) is 5.26 Å². The molecule has 3 aromatic rings. The molecule has 0 radical (unpaired) electrons. The minimum atomic E-state index is -0.342. The van der Waals surface area contributed by atoms with Gasteiger partial charge in [0.15, 0.2) is 0 Å². The van der Waals surface area contributed by atoms with E-state index in [1.165, 1.54) is 18.3 Å². The Balaban J connectivity index is 1.75. The van der Waals surface area contributed by atoms with Crippen molar-refractivity contribution in [2.24, 2.45) is 0 Å². The van der Waals surface area contributed by atoms with E-state index in [0.717, 1.165) is 0 Å². The number of benzene rings is 2. The van der Waals surface area contributed by atoms with Crippen LogP contribution in [0.4, 0.5) is 21.5 Å². The summed E-state index contributed by atoms with van der Waals surface area (Å²) in [6.45, 7) is 0. The smallest absolute Gasteiger partial charge is 0.257 e. The number of rotatable bonds is 4. The van der Waals surface area contributed by atoms with E-state index in [0.29, 0.717) is 28.2 Å². The summed E-state index contributed by atoms with van der Waals surface area (Å²) < 4.78 is 12.9. The zero-order valence-electron chi connectivity index (χ0n) is 13.0. The normalized spacial score (nSPS) is 9.92. The number of nitrogens with one attached hydrogen (secondary N) is 2. The predicted octanol–water partition coefficient (Wildman–Crippen LogP) is 4.09. The third-order valence-electron chi connectivity index (χ3n) is 3.38. The predicted molar refractivity (Wildman–Crippen MR) is 93.0 cm³/mol. The number of carbonyl (C=O) groups is 1. The van der Waals surface area contributed by atoms with Crippen molar-refractivity contribution in [3.63, 3.8) is 0 Å². The fourth-order valence-electron chi connectivity index (χ4n) is 2.20. The van der Waals surface area contributed by atoms with Crippen molar-refractivity contribution in [1.29, 1.82) is 5.26 Å². The number of hydrogen-bond acceptors (Lipinski definition) is 4. The van der Waals surface area contributed by atoms with Crippen molar-refractivity contribution in [1.82, 2.24) is 4.98 Å². The molecule has 0 fully saturated rings. The van der Waals surface area contributed by atoms with Crippen LogP contribution in [0, 0.1) is 17.1 Å². The molecule has 0 aliphatic carbocycles. The maximum Gasteiger partial charge on any atom is 0.257 e. The molecule has 3 rings (SSSR count). The number of halogens is 1. The van der Waals surface area contributed by atoms with Gasteiger partial charge in [-0.1, -0.05) is 6.07 Å². The Morgan fingerprint density at radius 3 is 2.56 bits per heavy atom. The first-order chi connectivity index (χ1) is 12.1. The molecule has 2 N–H and O–H groups in total. The summed E-state index contributed by atoms with van der Waals surface area (Å²) in [7, 11) is 0. The Morgan fingerprint density at radius 1 is 1.00 bits per heavy atom. The highest BCUT2D eigenvalue weighted by atomic mass is 19.1. The zero-order valence-corrected chi connectivity index (χ0v) is 13.0. The maximum absolute atomic E-state index is 12.9. The topological polar surface area (TPSA) is 77.8 Å². The van der Waals surface area contributed by atoms with Gasteiger partial charge in [-0.25, -0.2) is 4.39 Å². The van der Waals surface area contributed by atoms with Crippen LogP contribution in [-0.4, -0.2) is 10.9 Å². The van der Waals surface area contributed by atoms with Crippen LogP contribution in [0.25, 0.3) is 0 Å². The molecule has 0 aliphatic heterocycles. The van der Waals surface area contributed by atoms with Gasteiger partial charge in [-0.15, -0.1) is 0 Å². The monoisotopic (exact) mass is 332 g/mol. The number of anilines is 3. The fourth-order valence-corrected chi connectivity index (χ4v) is 2.20. The Labute approximate surface area is 143 Å². The van der Waals surface area contributed by atoms with E-state index in [2.05, 4.69) is 15.6 Å². The van der Waals surface area contributed by atoms with Gasteiger partial charge in [0.1, 0.15) is 5.82 Å². The molecule has 6 heteroatoms. The second-order valence-corrected chi connectivity index (χ2v) is 5.24. The summed E-state index contributed by atoms with van der Waals surface area (Å²) in [6, 6.07) is 16.2. The number of amides is 1. The highest BCUT2D eigenvalue weighted by molar-refractivity contribution is 6.04. The molecule has 0 bridgehead atoms. The molecule has 122 valence electrons. The number of carbonyl (C=O) groups excluding carboxylic acids is 1. The second-order valence-electron chi connectivity index (χ2n) is 5.24. The molecule has 0 unspecified atom stereocenters. The summed E-state index contributed by atoms with van der Waals surface area (Å²) in [6.07, 6.45) is 3.01. The standard InChI is InChI=1S/C19H13FN4O/c20-15-4-6-16(7-5-15)23-18-9-14(11-22-12-18)19(25)24-17-3-1-2-13(8-17)10-21/h1-9,11-12,23H,(H,24,25). The SMILES string of the molecule is N#Cc1cccc(NC(=O)c2cncc(Nc3ccc(F)cc3)c2)c1. The largest absolute Gasteiger partial charge is 0.354 e. The fraction of sp³-hybridized carbons (Fsp3) is 0. The van der Waals surface area contributed by atoms with Crippen molar-refractivity contribution in [3.05, 3.63) is 83.9 Å². The van der Waals surface area contributed by atoms with Crippen LogP contribution in [0.1, 0.15) is 15.9 Å². The molecular formula is C19H13FN4O. The average molecular weight is 332 g/mol. The highest BCUT2D eigenvalue weighted by Crippen LogP contribution is 2.18. The van der Waals surface area contributed by atoms with E-state index in [9.17, 15) is 9.18 Å². The molecule has 1 heterocycles. The highest BCUT2D eigenvalue weighted by Gasteiger charge is 2.08. The molecule has 0 atom stereocenters. The van der Waals surface area contributed by atoms with E-state index < -0.39 is 0 Å². The summed E-state index contributed by atoms with van der Waals surface area (Å²) >= 11 is 0. The molecule has 0 spiro atoms. The van der Waals surface area contributed by atoms with Gasteiger partial charge in [0, 0.05) is 17.6 Å². The number of pyridine rings is 1. The lowest BCUT2D eigenvalue weighted by Gasteiger charge is -2.09. The minimum Gasteiger partial charge on any atom is -0.354 e. The van der Waals surface area contributed by atoms with Crippen LogP contribution in [0.15, 0.2) is 67.0 Å². The van der Waals surface area contributed by atoms with Crippen LogP contribution in [0.2, 0.25) is 0 Å². The minimum absolute atomic E-state index is 0.323. The van der Waals surface area contributed by atoms with Gasteiger partial charge in [-0.3, -0.25) is 9.78 Å². The molecular weight excluding hydrogens is 319 g/mol. The number of nitriles is 1. The van der Waals surface area contributed by atoms with Gasteiger partial charge in [0.05, 0.1) is 29.1 Å². The Bertz CT molecular complexity index is 948. The summed E-state index contributed by atoms with van der Waals surface area (Å²) in [5.74, 6) is -0.665. The molecule has 0 saturated carbocycles. The van der Waals surface area contributed by atoms with Gasteiger partial charge in [-0.05, 0) is 48.5 Å². The Morgan fingerprint density at radius 2 is 1.80 bits per heavy atom. The van der Waals surface area contributed by atoms with Crippen LogP contribution < -0.4 is 10.6 Å². The molecule has 5 nitrogen and oxygen atoms in total. The number of aromatic nitrogens is 1. The zero-order chi connectivity index (χ0) is 17.6. The van der Waals surface area contributed by atoms with Crippen molar-refractivity contribution in [2.75, 3.05) is 10.6 Å². The first-order valence-corrected chi connectivity index (χ1v) is 7.43. The van der Waals surface area contributed by atoms with E-state index in [1.54, 1.807) is 48.7 Å². The lowest BCUT2D eigenvalue weighted by Crippen LogP contribution is -2.12. The summed E-state index contributed by atoms with van der Waals surface area (Å²) in [4.78, 5) is 16.4. The first-order valence-electron chi connectivity index (χ1n) is 7.43. The molecule has 0 aliphatic rings. The van der Waals surface area contributed by atoms with Crippen LogP contribution in [0.3, 0.4) is 0 Å². The molecule has 1 amide bonds. The van der Waals surface area contributed by atoms with Gasteiger partial charge in [0.2, 0.25) is 0 Å².